The van der Waals surface area contributed by atoms with E-state index in [1.54, 1.807) is 6.92 Å². The van der Waals surface area contributed by atoms with Crippen LogP contribution in [0.15, 0.2) is 0 Å². The molecule has 0 spiro atoms. The molecule has 15 heavy (non-hydrogen) atoms. The fourth-order valence-electron chi connectivity index (χ4n) is 1.98. The summed E-state index contributed by atoms with van der Waals surface area (Å²) >= 11 is 0. The summed E-state index contributed by atoms with van der Waals surface area (Å²) in [5.74, 6) is 0.506. The van der Waals surface area contributed by atoms with Gasteiger partial charge in [-0.2, -0.15) is 0 Å². The van der Waals surface area contributed by atoms with Crippen molar-refractivity contribution < 1.29 is 9.90 Å². The zero-order chi connectivity index (χ0) is 11.3. The van der Waals surface area contributed by atoms with Gasteiger partial charge in [-0.1, -0.05) is 0 Å². The fourth-order valence-corrected chi connectivity index (χ4v) is 1.98. The molecule has 1 rings (SSSR count). The van der Waals surface area contributed by atoms with E-state index in [2.05, 4.69) is 5.32 Å². The molecule has 0 aromatic heterocycles. The molecule has 1 aliphatic heterocycles. The van der Waals surface area contributed by atoms with E-state index >= 15 is 0 Å². The van der Waals surface area contributed by atoms with Crippen LogP contribution >= 0.6 is 0 Å². The first kappa shape index (κ1) is 12.5. The van der Waals surface area contributed by atoms with Crippen LogP contribution in [0.1, 0.15) is 26.2 Å². The maximum Gasteiger partial charge on any atom is 0.222 e. The third-order valence-corrected chi connectivity index (χ3v) is 3.08. The molecule has 1 fully saturated rings. The van der Waals surface area contributed by atoms with Crippen molar-refractivity contribution in [1.82, 2.24) is 10.2 Å². The minimum Gasteiger partial charge on any atom is -0.393 e. The molecular weight excluding hydrogens is 192 g/mol. The van der Waals surface area contributed by atoms with Gasteiger partial charge in [0.1, 0.15) is 0 Å². The van der Waals surface area contributed by atoms with E-state index in [4.69, 9.17) is 0 Å². The molecule has 1 saturated heterocycles. The van der Waals surface area contributed by atoms with Crippen molar-refractivity contribution in [3.8, 4) is 0 Å². The highest BCUT2D eigenvalue weighted by Gasteiger charge is 2.28. The second-order valence-corrected chi connectivity index (χ2v) is 4.34. The predicted molar refractivity (Wildman–Crippen MR) is 59.5 cm³/mol. The number of likely N-dealkylation sites (tertiary alicyclic amines) is 1. The van der Waals surface area contributed by atoms with E-state index in [0.717, 1.165) is 32.5 Å². The largest absolute Gasteiger partial charge is 0.393 e. The lowest BCUT2D eigenvalue weighted by Crippen LogP contribution is -2.30. The minimum atomic E-state index is -0.292. The number of carbonyl (C=O) groups is 1. The highest BCUT2D eigenvalue weighted by Crippen LogP contribution is 2.20. The zero-order valence-corrected chi connectivity index (χ0v) is 9.70. The van der Waals surface area contributed by atoms with Crippen molar-refractivity contribution in [3.63, 3.8) is 0 Å². The number of hydrogen-bond acceptors (Lipinski definition) is 3. The maximum atomic E-state index is 11.7. The number of carbonyl (C=O) groups excluding carboxylic acids is 1. The Bertz CT molecular complexity index is 207. The van der Waals surface area contributed by atoms with Crippen molar-refractivity contribution >= 4 is 5.91 Å². The van der Waals surface area contributed by atoms with E-state index in [1.165, 1.54) is 0 Å². The van der Waals surface area contributed by atoms with Crippen molar-refractivity contribution in [2.24, 2.45) is 5.92 Å². The lowest BCUT2D eigenvalue weighted by atomic mass is 10.0. The molecule has 2 unspecified atom stereocenters. The summed E-state index contributed by atoms with van der Waals surface area (Å²) in [6.07, 6.45) is 2.16. The van der Waals surface area contributed by atoms with Gasteiger partial charge in [0, 0.05) is 25.4 Å². The van der Waals surface area contributed by atoms with E-state index in [9.17, 15) is 9.90 Å². The molecule has 0 aromatic rings. The first-order valence-corrected chi connectivity index (χ1v) is 5.75. The van der Waals surface area contributed by atoms with Gasteiger partial charge in [-0.05, 0) is 33.4 Å². The highest BCUT2D eigenvalue weighted by molar-refractivity contribution is 5.76. The Morgan fingerprint density at radius 1 is 1.67 bits per heavy atom. The van der Waals surface area contributed by atoms with Crippen LogP contribution in [0.5, 0.6) is 0 Å². The first-order chi connectivity index (χ1) is 7.15. The number of amides is 1. The first-order valence-electron chi connectivity index (χ1n) is 5.75. The molecule has 2 atom stereocenters. The third-order valence-electron chi connectivity index (χ3n) is 3.08. The molecule has 1 aliphatic rings. The Labute approximate surface area is 91.6 Å². The summed E-state index contributed by atoms with van der Waals surface area (Å²) in [4.78, 5) is 13.6. The second kappa shape index (κ2) is 6.08. The van der Waals surface area contributed by atoms with Crippen LogP contribution in [0.3, 0.4) is 0 Å². The highest BCUT2D eigenvalue weighted by atomic mass is 16.3. The van der Waals surface area contributed by atoms with Gasteiger partial charge in [-0.25, -0.2) is 0 Å². The number of aliphatic hydroxyl groups excluding tert-OH is 1. The van der Waals surface area contributed by atoms with Crippen molar-refractivity contribution in [1.29, 1.82) is 0 Å². The van der Waals surface area contributed by atoms with Gasteiger partial charge >= 0.3 is 0 Å². The third kappa shape index (κ3) is 3.80. The van der Waals surface area contributed by atoms with Crippen LogP contribution in [-0.2, 0) is 4.79 Å². The molecule has 0 saturated carbocycles. The van der Waals surface area contributed by atoms with Crippen molar-refractivity contribution in [3.05, 3.63) is 0 Å². The van der Waals surface area contributed by atoms with Gasteiger partial charge in [0.2, 0.25) is 5.91 Å². The second-order valence-electron chi connectivity index (χ2n) is 4.34. The number of nitrogens with one attached hydrogen (secondary N) is 1. The molecule has 2 N–H and O–H groups in total. The summed E-state index contributed by atoms with van der Waals surface area (Å²) in [5.41, 5.74) is 0. The van der Waals surface area contributed by atoms with Crippen molar-refractivity contribution in [2.75, 3.05) is 26.7 Å². The molecule has 0 radical (unpaired) electrons. The lowest BCUT2D eigenvalue weighted by Gasteiger charge is -2.17. The van der Waals surface area contributed by atoms with Crippen LogP contribution < -0.4 is 5.32 Å². The predicted octanol–water partition coefficient (Wildman–Crippen LogP) is 0.215. The minimum absolute atomic E-state index is 0.230. The van der Waals surface area contributed by atoms with Crippen LogP contribution in [0, 0.1) is 5.92 Å². The zero-order valence-electron chi connectivity index (χ0n) is 9.70. The molecule has 4 nitrogen and oxygen atoms in total. The number of hydrogen-bond donors (Lipinski definition) is 2. The Kier molecular flexibility index (Phi) is 5.05. The molecule has 0 aliphatic carbocycles. The number of nitrogens with zero attached hydrogens (tertiary/aromatic N) is 1. The number of rotatable bonds is 5. The molecular formula is C11H22N2O2. The molecule has 0 aromatic carbocycles. The average Bonchev–Trinajstić information content (AvgIpc) is 2.66. The number of aliphatic hydroxyl groups is 1. The molecule has 1 heterocycles. The van der Waals surface area contributed by atoms with E-state index < -0.39 is 0 Å². The summed E-state index contributed by atoms with van der Waals surface area (Å²) in [7, 11) is 1.89. The van der Waals surface area contributed by atoms with Gasteiger partial charge in [0.25, 0.3) is 0 Å². The Balaban J connectivity index is 2.24. The van der Waals surface area contributed by atoms with Gasteiger partial charge in [-0.15, -0.1) is 0 Å². The summed E-state index contributed by atoms with van der Waals surface area (Å²) in [6.45, 7) is 4.24. The Hall–Kier alpha value is -0.610. The van der Waals surface area contributed by atoms with Gasteiger partial charge < -0.3 is 15.3 Å². The van der Waals surface area contributed by atoms with Crippen LogP contribution in [0.25, 0.3) is 0 Å². The maximum absolute atomic E-state index is 11.7. The van der Waals surface area contributed by atoms with E-state index in [0.29, 0.717) is 6.42 Å². The smallest absolute Gasteiger partial charge is 0.222 e. The van der Waals surface area contributed by atoms with E-state index in [-0.39, 0.29) is 17.9 Å². The van der Waals surface area contributed by atoms with Gasteiger partial charge in [0.05, 0.1) is 6.10 Å². The lowest BCUT2D eigenvalue weighted by molar-refractivity contribution is -0.130. The Morgan fingerprint density at radius 2 is 2.40 bits per heavy atom. The van der Waals surface area contributed by atoms with Crippen LogP contribution in [0.2, 0.25) is 0 Å². The summed E-state index contributed by atoms with van der Waals surface area (Å²) < 4.78 is 0. The standard InChI is InChI=1S/C11H22N2O2/c1-9(14)10-5-7-13(8-10)11(15)4-3-6-12-2/h9-10,12,14H,3-8H2,1-2H3. The van der Waals surface area contributed by atoms with E-state index in [1.807, 2.05) is 11.9 Å². The summed E-state index contributed by atoms with van der Waals surface area (Å²) in [5, 5.41) is 12.4. The fraction of sp³-hybridized carbons (Fsp3) is 0.909. The normalized spacial score (nSPS) is 23.1. The Morgan fingerprint density at radius 3 is 2.93 bits per heavy atom. The van der Waals surface area contributed by atoms with Gasteiger partial charge in [0.15, 0.2) is 0 Å². The molecule has 4 heteroatoms. The SMILES string of the molecule is CNCCCC(=O)N1CCC(C(C)O)C1. The summed E-state index contributed by atoms with van der Waals surface area (Å²) in [6, 6.07) is 0. The molecule has 0 bridgehead atoms. The molecule has 88 valence electrons. The van der Waals surface area contributed by atoms with Crippen LogP contribution in [-0.4, -0.2) is 48.7 Å². The van der Waals surface area contributed by atoms with Crippen LogP contribution in [0.4, 0.5) is 0 Å². The quantitative estimate of drug-likeness (QED) is 0.644. The van der Waals surface area contributed by atoms with Gasteiger partial charge in [-0.3, -0.25) is 4.79 Å². The average molecular weight is 214 g/mol. The monoisotopic (exact) mass is 214 g/mol. The topological polar surface area (TPSA) is 52.6 Å². The van der Waals surface area contributed by atoms with Crippen molar-refractivity contribution in [2.45, 2.75) is 32.3 Å². The molecule has 1 amide bonds.